The van der Waals surface area contributed by atoms with Crippen molar-refractivity contribution in [3.05, 3.63) is 28.8 Å². The lowest BCUT2D eigenvalue weighted by Gasteiger charge is -2.23. The number of hydrogen-bond donors (Lipinski definition) is 1. The molecule has 1 aromatic carbocycles. The number of thiocarbonyl (C=S) groups is 1. The summed E-state index contributed by atoms with van der Waals surface area (Å²) in [4.78, 5) is 14.5. The number of anilines is 1. The van der Waals surface area contributed by atoms with Crippen LogP contribution in [-0.4, -0.2) is 33.5 Å². The standard InChI is InChI=1S/C17H26N2OS2/c1-7-19(8-2)17(21)22-14(6)16(20)18-15-12(4)9-11(3)10-13(15)5/h9-10,14H,7-8H2,1-6H3,(H,18,20)/t14-/m1/s1. The molecule has 1 aromatic rings. The van der Waals surface area contributed by atoms with Crippen LogP contribution in [0.15, 0.2) is 12.1 Å². The quantitative estimate of drug-likeness (QED) is 0.811. The van der Waals surface area contributed by atoms with Crippen LogP contribution in [0.5, 0.6) is 0 Å². The highest BCUT2D eigenvalue weighted by Gasteiger charge is 2.19. The van der Waals surface area contributed by atoms with Crippen molar-refractivity contribution in [3.8, 4) is 0 Å². The molecule has 0 aliphatic heterocycles. The molecule has 1 N–H and O–H groups in total. The minimum atomic E-state index is -0.215. The number of rotatable bonds is 5. The first-order valence-electron chi connectivity index (χ1n) is 7.64. The molecule has 1 amide bonds. The molecule has 0 bridgehead atoms. The lowest BCUT2D eigenvalue weighted by Crippen LogP contribution is -2.31. The summed E-state index contributed by atoms with van der Waals surface area (Å²) in [7, 11) is 0. The summed E-state index contributed by atoms with van der Waals surface area (Å²) in [6.45, 7) is 13.9. The van der Waals surface area contributed by atoms with E-state index in [0.717, 1.165) is 34.2 Å². The third-order valence-corrected chi connectivity index (χ3v) is 5.17. The highest BCUT2D eigenvalue weighted by molar-refractivity contribution is 8.23. The highest BCUT2D eigenvalue weighted by Crippen LogP contribution is 2.24. The Morgan fingerprint density at radius 2 is 1.73 bits per heavy atom. The van der Waals surface area contributed by atoms with Crippen molar-refractivity contribution >= 4 is 39.9 Å². The van der Waals surface area contributed by atoms with Crippen LogP contribution in [0.2, 0.25) is 0 Å². The van der Waals surface area contributed by atoms with Crippen molar-refractivity contribution in [2.45, 2.75) is 46.8 Å². The first kappa shape index (κ1) is 19.0. The Kier molecular flexibility index (Phi) is 7.36. The van der Waals surface area contributed by atoms with Gasteiger partial charge in [-0.25, -0.2) is 0 Å². The van der Waals surface area contributed by atoms with Crippen molar-refractivity contribution < 1.29 is 4.79 Å². The van der Waals surface area contributed by atoms with Gasteiger partial charge in [-0.05, 0) is 52.7 Å². The summed E-state index contributed by atoms with van der Waals surface area (Å²) in [5.41, 5.74) is 4.30. The van der Waals surface area contributed by atoms with Crippen LogP contribution in [-0.2, 0) is 4.79 Å². The molecule has 0 aliphatic carbocycles. The van der Waals surface area contributed by atoms with Crippen LogP contribution in [0, 0.1) is 20.8 Å². The maximum absolute atomic E-state index is 12.4. The van der Waals surface area contributed by atoms with E-state index in [9.17, 15) is 4.79 Å². The largest absolute Gasteiger partial charge is 0.358 e. The Balaban J connectivity index is 2.75. The second-order valence-corrected chi connectivity index (χ2v) is 7.44. The third-order valence-electron chi connectivity index (χ3n) is 3.59. The van der Waals surface area contributed by atoms with E-state index in [1.54, 1.807) is 0 Å². The van der Waals surface area contributed by atoms with Gasteiger partial charge in [0.25, 0.3) is 0 Å². The summed E-state index contributed by atoms with van der Waals surface area (Å²) in [6, 6.07) is 4.17. The van der Waals surface area contributed by atoms with Gasteiger partial charge in [-0.2, -0.15) is 0 Å². The van der Waals surface area contributed by atoms with Crippen LogP contribution >= 0.6 is 24.0 Å². The average Bonchev–Trinajstić information content (AvgIpc) is 2.43. The van der Waals surface area contributed by atoms with Gasteiger partial charge in [-0.15, -0.1) is 0 Å². The molecule has 122 valence electrons. The maximum Gasteiger partial charge on any atom is 0.237 e. The minimum absolute atomic E-state index is 0.00504. The number of hydrogen-bond acceptors (Lipinski definition) is 3. The predicted molar refractivity (Wildman–Crippen MR) is 102 cm³/mol. The number of thioether (sulfide) groups is 1. The third kappa shape index (κ3) is 4.99. The van der Waals surface area contributed by atoms with Crippen molar-refractivity contribution in [2.75, 3.05) is 18.4 Å². The minimum Gasteiger partial charge on any atom is -0.358 e. The number of amides is 1. The Labute approximate surface area is 143 Å². The molecule has 0 spiro atoms. The summed E-state index contributed by atoms with van der Waals surface area (Å²) < 4.78 is 0.782. The molecule has 0 fully saturated rings. The fourth-order valence-corrected chi connectivity index (χ4v) is 3.93. The summed E-state index contributed by atoms with van der Waals surface area (Å²) >= 11 is 6.86. The van der Waals surface area contributed by atoms with E-state index in [1.165, 1.54) is 17.3 Å². The topological polar surface area (TPSA) is 32.3 Å². The van der Waals surface area contributed by atoms with Gasteiger partial charge in [0.15, 0.2) is 0 Å². The zero-order chi connectivity index (χ0) is 16.9. The van der Waals surface area contributed by atoms with Crippen LogP contribution in [0.1, 0.15) is 37.5 Å². The number of nitrogens with one attached hydrogen (secondary N) is 1. The summed E-state index contributed by atoms with van der Waals surface area (Å²) in [6.07, 6.45) is 0. The molecule has 0 saturated carbocycles. The monoisotopic (exact) mass is 338 g/mol. The van der Waals surface area contributed by atoms with E-state index in [0.29, 0.717) is 0 Å². The average molecular weight is 339 g/mol. The van der Waals surface area contributed by atoms with Crippen molar-refractivity contribution in [3.63, 3.8) is 0 Å². The lowest BCUT2D eigenvalue weighted by atomic mass is 10.1. The number of aryl methyl sites for hydroxylation is 3. The number of carbonyl (C=O) groups is 1. The zero-order valence-corrected chi connectivity index (χ0v) is 16.0. The highest BCUT2D eigenvalue weighted by atomic mass is 32.2. The molecule has 0 radical (unpaired) electrons. The van der Waals surface area contributed by atoms with Gasteiger partial charge >= 0.3 is 0 Å². The van der Waals surface area contributed by atoms with Gasteiger partial charge in [0, 0.05) is 18.8 Å². The Bertz CT molecular complexity index is 531. The number of carbonyl (C=O) groups excluding carboxylic acids is 1. The molecule has 0 heterocycles. The first-order valence-corrected chi connectivity index (χ1v) is 8.93. The van der Waals surface area contributed by atoms with E-state index >= 15 is 0 Å². The second-order valence-electron chi connectivity index (χ2n) is 5.46. The van der Waals surface area contributed by atoms with E-state index in [2.05, 4.69) is 43.1 Å². The van der Waals surface area contributed by atoms with Crippen LogP contribution in [0.4, 0.5) is 5.69 Å². The smallest absolute Gasteiger partial charge is 0.237 e. The molecule has 22 heavy (non-hydrogen) atoms. The molecule has 1 rings (SSSR count). The molecule has 5 heteroatoms. The van der Waals surface area contributed by atoms with E-state index in [4.69, 9.17) is 12.2 Å². The fraction of sp³-hybridized carbons (Fsp3) is 0.529. The van der Waals surface area contributed by atoms with Crippen LogP contribution in [0.3, 0.4) is 0 Å². The summed E-state index contributed by atoms with van der Waals surface area (Å²) in [5.74, 6) is -0.00504. The normalized spacial score (nSPS) is 11.9. The second kappa shape index (κ2) is 8.53. The molecule has 0 unspecified atom stereocenters. The molecular weight excluding hydrogens is 312 g/mol. The van der Waals surface area contributed by atoms with Gasteiger partial charge in [0.2, 0.25) is 5.91 Å². The molecule has 3 nitrogen and oxygen atoms in total. The number of nitrogens with zero attached hydrogens (tertiary/aromatic N) is 1. The van der Waals surface area contributed by atoms with Crippen molar-refractivity contribution in [1.29, 1.82) is 0 Å². The van der Waals surface area contributed by atoms with Crippen LogP contribution < -0.4 is 5.32 Å². The Hall–Kier alpha value is -1.07. The molecule has 0 aliphatic rings. The van der Waals surface area contributed by atoms with E-state index < -0.39 is 0 Å². The molecule has 1 atom stereocenters. The first-order chi connectivity index (χ1) is 10.3. The number of benzene rings is 1. The van der Waals surface area contributed by atoms with Crippen molar-refractivity contribution in [1.82, 2.24) is 4.90 Å². The maximum atomic E-state index is 12.4. The van der Waals surface area contributed by atoms with Gasteiger partial charge in [-0.1, -0.05) is 41.7 Å². The van der Waals surface area contributed by atoms with Crippen molar-refractivity contribution in [2.24, 2.45) is 0 Å². The SMILES string of the molecule is CCN(CC)C(=S)S[C@H](C)C(=O)Nc1c(C)cc(C)cc1C. The van der Waals surface area contributed by atoms with Gasteiger partial charge in [0.05, 0.1) is 5.25 Å². The van der Waals surface area contributed by atoms with Gasteiger partial charge < -0.3 is 10.2 Å². The zero-order valence-electron chi connectivity index (χ0n) is 14.3. The Morgan fingerprint density at radius 3 is 2.18 bits per heavy atom. The molecular formula is C17H26N2OS2. The fourth-order valence-electron chi connectivity index (χ4n) is 2.36. The Morgan fingerprint density at radius 1 is 1.23 bits per heavy atom. The van der Waals surface area contributed by atoms with Crippen LogP contribution in [0.25, 0.3) is 0 Å². The predicted octanol–water partition coefficient (Wildman–Crippen LogP) is 4.30. The van der Waals surface area contributed by atoms with Gasteiger partial charge in [-0.3, -0.25) is 4.79 Å². The molecule has 0 aromatic heterocycles. The molecule has 0 saturated heterocycles. The lowest BCUT2D eigenvalue weighted by molar-refractivity contribution is -0.115. The van der Waals surface area contributed by atoms with Gasteiger partial charge in [0.1, 0.15) is 4.32 Å². The van der Waals surface area contributed by atoms with E-state index in [1.807, 2.05) is 20.8 Å². The van der Waals surface area contributed by atoms with E-state index in [-0.39, 0.29) is 11.2 Å². The summed E-state index contributed by atoms with van der Waals surface area (Å²) in [5, 5.41) is 2.83.